The Morgan fingerprint density at radius 2 is 1.60 bits per heavy atom. The minimum atomic E-state index is -0.0732. The number of thioether (sulfide) groups is 1. The number of amides is 1. The molecule has 2 nitrogen and oxygen atoms in total. The summed E-state index contributed by atoms with van der Waals surface area (Å²) in [6.45, 7) is 4.07. The van der Waals surface area contributed by atoms with Gasteiger partial charge in [-0.25, -0.2) is 0 Å². The second-order valence-electron chi connectivity index (χ2n) is 6.00. The zero-order valence-electron chi connectivity index (χ0n) is 14.5. The van der Waals surface area contributed by atoms with Gasteiger partial charge in [0.15, 0.2) is 0 Å². The predicted molar refractivity (Wildman–Crippen MR) is 106 cm³/mol. The van der Waals surface area contributed by atoms with Gasteiger partial charge in [0.05, 0.1) is 0 Å². The first-order valence-corrected chi connectivity index (χ1v) is 9.26. The summed E-state index contributed by atoms with van der Waals surface area (Å²) in [5, 5.41) is 3.00. The standard InChI is InChI=1S/C22H21NOS/c1-16-7-6-10-21(17(16)2)23-22(24)19-13-11-18(12-14-19)15-25-20-8-4-3-5-9-20/h3-14H,15H2,1-2H3,(H,23,24). The lowest BCUT2D eigenvalue weighted by Crippen LogP contribution is -2.13. The number of carbonyl (C=O) groups excluding carboxylic acids is 1. The van der Waals surface area contributed by atoms with Crippen molar-refractivity contribution in [2.45, 2.75) is 24.5 Å². The molecule has 126 valence electrons. The highest BCUT2D eigenvalue weighted by molar-refractivity contribution is 7.98. The van der Waals surface area contributed by atoms with Gasteiger partial charge in [0.25, 0.3) is 5.91 Å². The normalized spacial score (nSPS) is 10.5. The Balaban J connectivity index is 1.63. The predicted octanol–water partition coefficient (Wildman–Crippen LogP) is 5.85. The van der Waals surface area contributed by atoms with Crippen molar-refractivity contribution in [3.63, 3.8) is 0 Å². The van der Waals surface area contributed by atoms with Crippen molar-refractivity contribution in [2.24, 2.45) is 0 Å². The molecule has 3 heteroatoms. The van der Waals surface area contributed by atoms with Crippen LogP contribution >= 0.6 is 11.8 Å². The Kier molecular flexibility index (Phi) is 5.56. The van der Waals surface area contributed by atoms with Crippen LogP contribution in [-0.4, -0.2) is 5.91 Å². The molecule has 3 aromatic rings. The first-order chi connectivity index (χ1) is 12.1. The second kappa shape index (κ2) is 8.04. The Bertz CT molecular complexity index is 857. The molecule has 0 atom stereocenters. The van der Waals surface area contributed by atoms with Crippen LogP contribution in [0.3, 0.4) is 0 Å². The van der Waals surface area contributed by atoms with Gasteiger partial charge >= 0.3 is 0 Å². The maximum Gasteiger partial charge on any atom is 0.255 e. The van der Waals surface area contributed by atoms with Crippen LogP contribution in [0.4, 0.5) is 5.69 Å². The summed E-state index contributed by atoms with van der Waals surface area (Å²) in [5.41, 5.74) is 5.03. The number of anilines is 1. The van der Waals surface area contributed by atoms with E-state index in [1.807, 2.05) is 74.5 Å². The number of nitrogens with one attached hydrogen (secondary N) is 1. The molecule has 0 saturated heterocycles. The summed E-state index contributed by atoms with van der Waals surface area (Å²) in [7, 11) is 0. The molecule has 3 aromatic carbocycles. The smallest absolute Gasteiger partial charge is 0.255 e. The molecular formula is C22H21NOS. The second-order valence-corrected chi connectivity index (χ2v) is 7.05. The Morgan fingerprint density at radius 1 is 0.880 bits per heavy atom. The molecule has 0 fully saturated rings. The highest BCUT2D eigenvalue weighted by Gasteiger charge is 2.08. The zero-order valence-corrected chi connectivity index (χ0v) is 15.3. The van der Waals surface area contributed by atoms with Gasteiger partial charge in [0, 0.05) is 21.9 Å². The zero-order chi connectivity index (χ0) is 17.6. The van der Waals surface area contributed by atoms with Gasteiger partial charge in [-0.1, -0.05) is 42.5 Å². The van der Waals surface area contributed by atoms with Gasteiger partial charge in [-0.2, -0.15) is 0 Å². The van der Waals surface area contributed by atoms with E-state index >= 15 is 0 Å². The fraction of sp³-hybridized carbons (Fsp3) is 0.136. The molecule has 0 heterocycles. The number of carbonyl (C=O) groups is 1. The highest BCUT2D eigenvalue weighted by Crippen LogP contribution is 2.23. The summed E-state index contributed by atoms with van der Waals surface area (Å²) in [6, 6.07) is 24.1. The third-order valence-electron chi connectivity index (χ3n) is 4.22. The Hall–Kier alpha value is -2.52. The Morgan fingerprint density at radius 3 is 2.32 bits per heavy atom. The molecule has 0 saturated carbocycles. The van der Waals surface area contributed by atoms with E-state index in [0.717, 1.165) is 17.0 Å². The van der Waals surface area contributed by atoms with Gasteiger partial charge in [-0.15, -0.1) is 11.8 Å². The molecule has 0 aliphatic heterocycles. The van der Waals surface area contributed by atoms with E-state index in [2.05, 4.69) is 17.4 Å². The van der Waals surface area contributed by atoms with Gasteiger partial charge in [-0.05, 0) is 60.9 Å². The van der Waals surface area contributed by atoms with E-state index in [1.54, 1.807) is 11.8 Å². The van der Waals surface area contributed by atoms with E-state index in [1.165, 1.54) is 16.0 Å². The molecule has 0 aromatic heterocycles. The Labute approximate surface area is 153 Å². The van der Waals surface area contributed by atoms with Gasteiger partial charge in [0.2, 0.25) is 0 Å². The lowest BCUT2D eigenvalue weighted by Gasteiger charge is -2.10. The van der Waals surface area contributed by atoms with E-state index < -0.39 is 0 Å². The number of hydrogen-bond donors (Lipinski definition) is 1. The molecule has 25 heavy (non-hydrogen) atoms. The van der Waals surface area contributed by atoms with E-state index in [4.69, 9.17) is 0 Å². The van der Waals surface area contributed by atoms with Crippen molar-refractivity contribution in [3.8, 4) is 0 Å². The SMILES string of the molecule is Cc1cccc(NC(=O)c2ccc(CSc3ccccc3)cc2)c1C. The maximum atomic E-state index is 12.5. The van der Waals surface area contributed by atoms with Crippen LogP contribution in [0.2, 0.25) is 0 Å². The van der Waals surface area contributed by atoms with Gasteiger partial charge in [0.1, 0.15) is 0 Å². The number of benzene rings is 3. The summed E-state index contributed by atoms with van der Waals surface area (Å²) in [5.74, 6) is 0.819. The molecule has 0 aliphatic rings. The molecular weight excluding hydrogens is 326 g/mol. The summed E-state index contributed by atoms with van der Waals surface area (Å²) >= 11 is 1.79. The van der Waals surface area contributed by atoms with Crippen molar-refractivity contribution < 1.29 is 4.79 Å². The minimum absolute atomic E-state index is 0.0732. The average molecular weight is 347 g/mol. The number of rotatable bonds is 5. The van der Waals surface area contributed by atoms with Crippen molar-refractivity contribution in [2.75, 3.05) is 5.32 Å². The fourth-order valence-corrected chi connectivity index (χ4v) is 3.39. The van der Waals surface area contributed by atoms with Crippen LogP contribution < -0.4 is 5.32 Å². The molecule has 0 unspecified atom stereocenters. The topological polar surface area (TPSA) is 29.1 Å². The fourth-order valence-electron chi connectivity index (χ4n) is 2.52. The first kappa shape index (κ1) is 17.3. The average Bonchev–Trinajstić information content (AvgIpc) is 2.65. The van der Waals surface area contributed by atoms with Crippen LogP contribution in [0.1, 0.15) is 27.0 Å². The summed E-state index contributed by atoms with van der Waals surface area (Å²) < 4.78 is 0. The largest absolute Gasteiger partial charge is 0.322 e. The summed E-state index contributed by atoms with van der Waals surface area (Å²) in [4.78, 5) is 13.7. The van der Waals surface area contributed by atoms with Gasteiger partial charge in [-0.3, -0.25) is 4.79 Å². The molecule has 0 aliphatic carbocycles. The van der Waals surface area contributed by atoms with Crippen molar-refractivity contribution in [3.05, 3.63) is 95.1 Å². The van der Waals surface area contributed by atoms with Crippen molar-refractivity contribution >= 4 is 23.4 Å². The molecule has 1 amide bonds. The van der Waals surface area contributed by atoms with E-state index in [9.17, 15) is 4.79 Å². The molecule has 0 radical (unpaired) electrons. The van der Waals surface area contributed by atoms with Crippen LogP contribution in [0.5, 0.6) is 0 Å². The number of aryl methyl sites for hydroxylation is 1. The lowest BCUT2D eigenvalue weighted by atomic mass is 10.1. The van der Waals surface area contributed by atoms with Crippen molar-refractivity contribution in [1.29, 1.82) is 0 Å². The lowest BCUT2D eigenvalue weighted by molar-refractivity contribution is 0.102. The van der Waals surface area contributed by atoms with Crippen molar-refractivity contribution in [1.82, 2.24) is 0 Å². The molecule has 0 spiro atoms. The highest BCUT2D eigenvalue weighted by atomic mass is 32.2. The maximum absolute atomic E-state index is 12.5. The number of hydrogen-bond acceptors (Lipinski definition) is 2. The molecule has 0 bridgehead atoms. The van der Waals surface area contributed by atoms with Crippen LogP contribution in [0, 0.1) is 13.8 Å². The van der Waals surface area contributed by atoms with Crippen LogP contribution in [0.15, 0.2) is 77.7 Å². The quantitative estimate of drug-likeness (QED) is 0.587. The third kappa shape index (κ3) is 4.52. The molecule has 3 rings (SSSR count). The summed E-state index contributed by atoms with van der Waals surface area (Å²) in [6.07, 6.45) is 0. The first-order valence-electron chi connectivity index (χ1n) is 8.28. The van der Waals surface area contributed by atoms with Gasteiger partial charge < -0.3 is 5.32 Å². The monoisotopic (exact) mass is 347 g/mol. The third-order valence-corrected chi connectivity index (χ3v) is 5.30. The van der Waals surface area contributed by atoms with Crippen LogP contribution in [-0.2, 0) is 5.75 Å². The van der Waals surface area contributed by atoms with E-state index in [0.29, 0.717) is 5.56 Å². The van der Waals surface area contributed by atoms with E-state index in [-0.39, 0.29) is 5.91 Å². The molecule has 1 N–H and O–H groups in total. The minimum Gasteiger partial charge on any atom is -0.322 e. The van der Waals surface area contributed by atoms with Crippen LogP contribution in [0.25, 0.3) is 0 Å².